The van der Waals surface area contributed by atoms with Crippen molar-refractivity contribution < 1.29 is 14.3 Å². The van der Waals surface area contributed by atoms with Crippen LogP contribution in [0.3, 0.4) is 0 Å². The summed E-state index contributed by atoms with van der Waals surface area (Å²) in [5, 5.41) is 2.02. The van der Waals surface area contributed by atoms with Crippen LogP contribution in [0.4, 0.5) is 0 Å². The van der Waals surface area contributed by atoms with E-state index in [2.05, 4.69) is 20.7 Å². The van der Waals surface area contributed by atoms with Gasteiger partial charge in [0.25, 0.3) is 0 Å². The summed E-state index contributed by atoms with van der Waals surface area (Å²) < 4.78 is 5.51. The van der Waals surface area contributed by atoms with E-state index >= 15 is 0 Å². The van der Waals surface area contributed by atoms with E-state index in [1.807, 2.05) is 12.3 Å². The standard InChI is InChI=1S/C10H9BrO3S/c1-5-4-15-10(9(5)11)6-2-7(12)14-8(13)3-6/h4,6H,2-3H2,1H3. The lowest BCUT2D eigenvalue weighted by Crippen LogP contribution is -2.23. The van der Waals surface area contributed by atoms with Crippen molar-refractivity contribution in [2.45, 2.75) is 25.7 Å². The molecular formula is C10H9BrO3S. The van der Waals surface area contributed by atoms with E-state index < -0.39 is 11.9 Å². The smallest absolute Gasteiger partial charge is 0.314 e. The van der Waals surface area contributed by atoms with Gasteiger partial charge >= 0.3 is 11.9 Å². The third-order valence-electron chi connectivity index (χ3n) is 2.35. The van der Waals surface area contributed by atoms with Gasteiger partial charge in [-0.25, -0.2) is 0 Å². The zero-order valence-corrected chi connectivity index (χ0v) is 10.5. The number of esters is 2. The molecule has 2 rings (SSSR count). The van der Waals surface area contributed by atoms with Crippen molar-refractivity contribution >= 4 is 39.2 Å². The summed E-state index contributed by atoms with van der Waals surface area (Å²) >= 11 is 5.05. The Hall–Kier alpha value is -0.680. The number of halogens is 1. The molecule has 0 atom stereocenters. The van der Waals surface area contributed by atoms with Crippen LogP contribution in [0.5, 0.6) is 0 Å². The topological polar surface area (TPSA) is 43.4 Å². The van der Waals surface area contributed by atoms with E-state index in [1.54, 1.807) is 11.3 Å². The highest BCUT2D eigenvalue weighted by Gasteiger charge is 2.30. The summed E-state index contributed by atoms with van der Waals surface area (Å²) in [5.41, 5.74) is 1.14. The zero-order chi connectivity index (χ0) is 11.0. The minimum absolute atomic E-state index is 0.0215. The maximum atomic E-state index is 11.1. The van der Waals surface area contributed by atoms with Crippen molar-refractivity contribution in [3.63, 3.8) is 0 Å². The lowest BCUT2D eigenvalue weighted by atomic mass is 9.97. The third kappa shape index (κ3) is 2.13. The van der Waals surface area contributed by atoms with E-state index in [-0.39, 0.29) is 5.92 Å². The molecule has 0 aliphatic carbocycles. The lowest BCUT2D eigenvalue weighted by Gasteiger charge is -2.18. The van der Waals surface area contributed by atoms with Crippen LogP contribution in [0.15, 0.2) is 9.85 Å². The van der Waals surface area contributed by atoms with Crippen molar-refractivity contribution in [1.29, 1.82) is 0 Å². The van der Waals surface area contributed by atoms with Gasteiger partial charge < -0.3 is 4.74 Å². The molecule has 80 valence electrons. The Balaban J connectivity index is 2.27. The van der Waals surface area contributed by atoms with Gasteiger partial charge in [-0.2, -0.15) is 0 Å². The van der Waals surface area contributed by atoms with Crippen LogP contribution < -0.4 is 0 Å². The first-order valence-corrected chi connectivity index (χ1v) is 6.22. The van der Waals surface area contributed by atoms with Gasteiger partial charge in [-0.15, -0.1) is 11.3 Å². The zero-order valence-electron chi connectivity index (χ0n) is 8.08. The highest BCUT2D eigenvalue weighted by Crippen LogP contribution is 2.38. The molecule has 1 aliphatic rings. The average Bonchev–Trinajstić information content (AvgIpc) is 2.46. The quantitative estimate of drug-likeness (QED) is 0.590. The molecule has 1 aromatic rings. The number of rotatable bonds is 1. The molecule has 3 nitrogen and oxygen atoms in total. The molecule has 1 saturated heterocycles. The Kier molecular flexibility index (Phi) is 2.93. The van der Waals surface area contributed by atoms with Crippen LogP contribution in [-0.2, 0) is 14.3 Å². The van der Waals surface area contributed by atoms with Gasteiger partial charge in [-0.1, -0.05) is 0 Å². The fraction of sp³-hybridized carbons (Fsp3) is 0.400. The monoisotopic (exact) mass is 288 g/mol. The van der Waals surface area contributed by atoms with E-state index in [4.69, 9.17) is 0 Å². The van der Waals surface area contributed by atoms with E-state index in [9.17, 15) is 9.59 Å². The van der Waals surface area contributed by atoms with Crippen molar-refractivity contribution in [2.24, 2.45) is 0 Å². The van der Waals surface area contributed by atoms with Crippen molar-refractivity contribution in [3.8, 4) is 0 Å². The van der Waals surface area contributed by atoms with Crippen LogP contribution in [0.1, 0.15) is 29.2 Å². The van der Waals surface area contributed by atoms with Gasteiger partial charge in [0.15, 0.2) is 0 Å². The Morgan fingerprint density at radius 1 is 1.40 bits per heavy atom. The fourth-order valence-electron chi connectivity index (χ4n) is 1.60. The SMILES string of the molecule is Cc1csc(C2CC(=O)OC(=O)C2)c1Br. The van der Waals surface area contributed by atoms with Gasteiger partial charge in [-0.3, -0.25) is 9.59 Å². The second-order valence-corrected chi connectivity index (χ2v) is 5.25. The maximum absolute atomic E-state index is 11.1. The largest absolute Gasteiger partial charge is 0.393 e. The molecule has 0 N–H and O–H groups in total. The molecule has 0 saturated carbocycles. The summed E-state index contributed by atoms with van der Waals surface area (Å²) in [5.74, 6) is -0.866. The Morgan fingerprint density at radius 2 is 2.00 bits per heavy atom. The number of aryl methyl sites for hydroxylation is 1. The van der Waals surface area contributed by atoms with Crippen molar-refractivity contribution in [1.82, 2.24) is 0 Å². The third-order valence-corrected chi connectivity index (χ3v) is 4.93. The maximum Gasteiger partial charge on any atom is 0.314 e. The number of carbonyl (C=O) groups is 2. The summed E-state index contributed by atoms with van der Waals surface area (Å²) in [6.45, 7) is 1.99. The summed E-state index contributed by atoms with van der Waals surface area (Å²) in [4.78, 5) is 23.3. The van der Waals surface area contributed by atoms with Gasteiger partial charge in [-0.05, 0) is 33.8 Å². The number of hydrogen-bond donors (Lipinski definition) is 0. The molecule has 0 unspecified atom stereocenters. The number of ether oxygens (including phenoxy) is 1. The number of thiophene rings is 1. The predicted octanol–water partition coefficient (Wildman–Crippen LogP) is 2.77. The van der Waals surface area contributed by atoms with E-state index in [1.165, 1.54) is 0 Å². The minimum atomic E-state index is -0.422. The number of hydrogen-bond acceptors (Lipinski definition) is 4. The first-order chi connectivity index (χ1) is 7.08. The minimum Gasteiger partial charge on any atom is -0.393 e. The molecule has 5 heteroatoms. The Morgan fingerprint density at radius 3 is 2.47 bits per heavy atom. The van der Waals surface area contributed by atoms with Gasteiger partial charge in [0, 0.05) is 15.3 Å². The average molecular weight is 289 g/mol. The molecule has 0 bridgehead atoms. The Bertz CT molecular complexity index is 408. The molecule has 1 aliphatic heterocycles. The molecule has 0 aromatic carbocycles. The van der Waals surface area contributed by atoms with E-state index in [0.717, 1.165) is 14.9 Å². The molecule has 1 aromatic heterocycles. The van der Waals surface area contributed by atoms with Gasteiger partial charge in [0.2, 0.25) is 0 Å². The predicted molar refractivity (Wildman–Crippen MR) is 59.8 cm³/mol. The molecule has 0 amide bonds. The second kappa shape index (κ2) is 4.06. The Labute approximate surface area is 99.6 Å². The summed E-state index contributed by atoms with van der Waals surface area (Å²) in [7, 11) is 0. The summed E-state index contributed by atoms with van der Waals surface area (Å²) in [6.07, 6.45) is 0.592. The van der Waals surface area contributed by atoms with Crippen molar-refractivity contribution in [3.05, 3.63) is 20.3 Å². The molecule has 1 fully saturated rings. The molecule has 2 heterocycles. The van der Waals surface area contributed by atoms with Crippen LogP contribution >= 0.6 is 27.3 Å². The molecule has 0 spiro atoms. The molecule has 15 heavy (non-hydrogen) atoms. The molecular weight excluding hydrogens is 280 g/mol. The van der Waals surface area contributed by atoms with Crippen LogP contribution in [0.25, 0.3) is 0 Å². The number of cyclic esters (lactones) is 2. The highest BCUT2D eigenvalue weighted by atomic mass is 79.9. The van der Waals surface area contributed by atoms with Crippen LogP contribution in [-0.4, -0.2) is 11.9 Å². The van der Waals surface area contributed by atoms with E-state index in [0.29, 0.717) is 12.8 Å². The van der Waals surface area contributed by atoms with Crippen molar-refractivity contribution in [2.75, 3.05) is 0 Å². The number of carbonyl (C=O) groups excluding carboxylic acids is 2. The molecule has 0 radical (unpaired) electrons. The van der Waals surface area contributed by atoms with Gasteiger partial charge in [0.1, 0.15) is 0 Å². The normalized spacial score (nSPS) is 18.0. The second-order valence-electron chi connectivity index (χ2n) is 3.55. The first-order valence-electron chi connectivity index (χ1n) is 4.55. The summed E-state index contributed by atoms with van der Waals surface area (Å²) in [6, 6.07) is 0. The van der Waals surface area contributed by atoms with Gasteiger partial charge in [0.05, 0.1) is 12.8 Å². The fourth-order valence-corrected chi connectivity index (χ4v) is 3.51. The highest BCUT2D eigenvalue weighted by molar-refractivity contribution is 9.10. The first kappa shape index (κ1) is 10.8. The van der Waals surface area contributed by atoms with Crippen LogP contribution in [0, 0.1) is 6.92 Å². The lowest BCUT2D eigenvalue weighted by molar-refractivity contribution is -0.163. The van der Waals surface area contributed by atoms with Crippen LogP contribution in [0.2, 0.25) is 0 Å².